The highest BCUT2D eigenvalue weighted by molar-refractivity contribution is 7.10. The molecule has 0 aliphatic heterocycles. The van der Waals surface area contributed by atoms with Crippen molar-refractivity contribution in [2.75, 3.05) is 0 Å². The lowest BCUT2D eigenvalue weighted by molar-refractivity contribution is -0.137. The standard InChI is InChI=1S/C14H22NO3P/c1-4-8-15-13-10(5-2)12(14(17)18-19)9(3)6-7-11(13)16/h4-5,8-9,11-12,16H,6-7,19H2,1-3H3/b8-4-,10-5-,15-13+. The molecule has 0 aromatic heterocycles. The molecule has 1 rings (SSSR count). The van der Waals surface area contributed by atoms with E-state index >= 15 is 0 Å². The van der Waals surface area contributed by atoms with Gasteiger partial charge in [-0.15, -0.1) is 0 Å². The van der Waals surface area contributed by atoms with Gasteiger partial charge in [0, 0.05) is 6.20 Å². The van der Waals surface area contributed by atoms with Gasteiger partial charge in [-0.2, -0.15) is 0 Å². The maximum atomic E-state index is 12.0. The lowest BCUT2D eigenvalue weighted by atomic mass is 9.85. The molecule has 0 amide bonds. The summed E-state index contributed by atoms with van der Waals surface area (Å²) >= 11 is 0. The molecule has 0 aromatic carbocycles. The third kappa shape index (κ3) is 3.74. The summed E-state index contributed by atoms with van der Waals surface area (Å²) in [5.41, 5.74) is 1.34. The van der Waals surface area contributed by atoms with E-state index in [4.69, 9.17) is 4.52 Å². The van der Waals surface area contributed by atoms with Crippen molar-refractivity contribution in [3.63, 3.8) is 0 Å². The first kappa shape index (κ1) is 16.1. The SMILES string of the molecule is C\C=C/N=C1\C(=C/C)C(C(=O)OP)C(C)CCC1O. The summed E-state index contributed by atoms with van der Waals surface area (Å²) in [5, 5.41) is 10.2. The first-order chi connectivity index (χ1) is 9.06. The van der Waals surface area contributed by atoms with Crippen LogP contribution in [0.4, 0.5) is 0 Å². The second-order valence-corrected chi connectivity index (χ2v) is 4.96. The number of aliphatic hydroxyl groups is 1. The third-order valence-corrected chi connectivity index (χ3v) is 3.69. The lowest BCUT2D eigenvalue weighted by Crippen LogP contribution is -2.28. The quantitative estimate of drug-likeness (QED) is 0.626. The predicted octanol–water partition coefficient (Wildman–Crippen LogP) is 2.65. The summed E-state index contributed by atoms with van der Waals surface area (Å²) in [5.74, 6) is -0.552. The summed E-state index contributed by atoms with van der Waals surface area (Å²) in [7, 11) is 2.00. The highest BCUT2D eigenvalue weighted by Gasteiger charge is 2.36. The van der Waals surface area contributed by atoms with Crippen LogP contribution in [0.25, 0.3) is 0 Å². The first-order valence-corrected chi connectivity index (χ1v) is 6.98. The highest BCUT2D eigenvalue weighted by Crippen LogP contribution is 2.33. The van der Waals surface area contributed by atoms with Crippen LogP contribution in [0.5, 0.6) is 0 Å². The number of hydrogen-bond donors (Lipinski definition) is 1. The molecule has 1 N–H and O–H groups in total. The Bertz CT molecular complexity index is 415. The Morgan fingerprint density at radius 3 is 2.68 bits per heavy atom. The Hall–Kier alpha value is -0.990. The lowest BCUT2D eigenvalue weighted by Gasteiger charge is -2.21. The van der Waals surface area contributed by atoms with E-state index in [1.54, 1.807) is 12.3 Å². The van der Waals surface area contributed by atoms with Gasteiger partial charge in [0.2, 0.25) is 0 Å². The molecule has 0 spiro atoms. The maximum Gasteiger partial charge on any atom is 0.315 e. The van der Waals surface area contributed by atoms with Crippen LogP contribution in [0.2, 0.25) is 0 Å². The molecular weight excluding hydrogens is 261 g/mol. The van der Waals surface area contributed by atoms with E-state index in [1.807, 2.05) is 36.3 Å². The number of rotatable bonds is 2. The molecule has 106 valence electrons. The number of carbonyl (C=O) groups is 1. The second-order valence-electron chi connectivity index (χ2n) is 4.73. The molecule has 1 saturated carbocycles. The summed E-state index contributed by atoms with van der Waals surface area (Å²) < 4.78 is 4.82. The zero-order valence-electron chi connectivity index (χ0n) is 11.7. The molecule has 1 aliphatic carbocycles. The van der Waals surface area contributed by atoms with Gasteiger partial charge < -0.3 is 9.63 Å². The number of nitrogens with zero attached hydrogens (tertiary/aromatic N) is 1. The number of hydrogen-bond acceptors (Lipinski definition) is 4. The average Bonchev–Trinajstić information content (AvgIpc) is 2.53. The summed E-state index contributed by atoms with van der Waals surface area (Å²) in [6, 6.07) is 0. The largest absolute Gasteiger partial charge is 0.451 e. The van der Waals surface area contributed by atoms with Crippen molar-refractivity contribution in [3.05, 3.63) is 23.9 Å². The van der Waals surface area contributed by atoms with Crippen molar-refractivity contribution in [3.8, 4) is 0 Å². The van der Waals surface area contributed by atoms with Crippen LogP contribution in [0.3, 0.4) is 0 Å². The van der Waals surface area contributed by atoms with Crippen molar-refractivity contribution in [1.29, 1.82) is 0 Å². The molecule has 0 aromatic rings. The van der Waals surface area contributed by atoms with E-state index < -0.39 is 6.10 Å². The molecule has 4 nitrogen and oxygen atoms in total. The van der Waals surface area contributed by atoms with Gasteiger partial charge in [0.25, 0.3) is 0 Å². The van der Waals surface area contributed by atoms with Crippen LogP contribution in [0.1, 0.15) is 33.6 Å². The van der Waals surface area contributed by atoms with Gasteiger partial charge >= 0.3 is 5.97 Å². The molecular formula is C14H22NO3P. The van der Waals surface area contributed by atoms with Crippen LogP contribution in [-0.2, 0) is 9.32 Å². The minimum Gasteiger partial charge on any atom is -0.451 e. The van der Waals surface area contributed by atoms with E-state index in [0.29, 0.717) is 12.1 Å². The molecule has 0 saturated heterocycles. The maximum absolute atomic E-state index is 12.0. The zero-order valence-corrected chi connectivity index (χ0v) is 12.8. The smallest absolute Gasteiger partial charge is 0.315 e. The molecule has 1 aliphatic rings. The van der Waals surface area contributed by atoms with Gasteiger partial charge in [0.15, 0.2) is 0 Å². The first-order valence-electron chi connectivity index (χ1n) is 6.50. The minimum absolute atomic E-state index is 0.118. The Balaban J connectivity index is 3.26. The Morgan fingerprint density at radius 1 is 1.47 bits per heavy atom. The van der Waals surface area contributed by atoms with Crippen LogP contribution in [0, 0.1) is 11.8 Å². The molecule has 0 heterocycles. The van der Waals surface area contributed by atoms with E-state index in [2.05, 4.69) is 4.99 Å². The zero-order chi connectivity index (χ0) is 14.4. The molecule has 4 atom stereocenters. The van der Waals surface area contributed by atoms with Crippen LogP contribution < -0.4 is 0 Å². The molecule has 0 bridgehead atoms. The number of aliphatic imine (C=N–C) groups is 1. The Morgan fingerprint density at radius 2 is 2.16 bits per heavy atom. The molecule has 4 unspecified atom stereocenters. The van der Waals surface area contributed by atoms with Gasteiger partial charge in [-0.1, -0.05) is 19.1 Å². The van der Waals surface area contributed by atoms with Crippen molar-refractivity contribution in [2.45, 2.75) is 39.7 Å². The topological polar surface area (TPSA) is 58.9 Å². The van der Waals surface area contributed by atoms with E-state index in [0.717, 1.165) is 12.0 Å². The third-order valence-electron chi connectivity index (χ3n) is 3.45. The van der Waals surface area contributed by atoms with Gasteiger partial charge in [-0.3, -0.25) is 9.79 Å². The Labute approximate surface area is 116 Å². The highest BCUT2D eigenvalue weighted by atomic mass is 31.0. The fourth-order valence-electron chi connectivity index (χ4n) is 2.46. The van der Waals surface area contributed by atoms with Crippen LogP contribution in [0.15, 0.2) is 28.9 Å². The van der Waals surface area contributed by atoms with E-state index in [9.17, 15) is 9.90 Å². The van der Waals surface area contributed by atoms with E-state index in [1.165, 1.54) is 0 Å². The summed E-state index contributed by atoms with van der Waals surface area (Å²) in [6.45, 7) is 5.72. The molecule has 19 heavy (non-hydrogen) atoms. The van der Waals surface area contributed by atoms with Gasteiger partial charge in [-0.25, -0.2) is 0 Å². The van der Waals surface area contributed by atoms with Crippen molar-refractivity contribution < 1.29 is 14.4 Å². The van der Waals surface area contributed by atoms with Crippen LogP contribution in [-0.4, -0.2) is 22.9 Å². The monoisotopic (exact) mass is 283 g/mol. The fraction of sp³-hybridized carbons (Fsp3) is 0.571. The normalized spacial score (nSPS) is 32.8. The van der Waals surface area contributed by atoms with Gasteiger partial charge in [-0.05, 0) is 38.2 Å². The second kappa shape index (κ2) is 7.56. The predicted molar refractivity (Wildman–Crippen MR) is 79.7 cm³/mol. The van der Waals surface area contributed by atoms with Crippen molar-refractivity contribution in [1.82, 2.24) is 0 Å². The summed E-state index contributed by atoms with van der Waals surface area (Å²) in [4.78, 5) is 16.3. The van der Waals surface area contributed by atoms with Gasteiger partial charge in [0.05, 0.1) is 27.2 Å². The van der Waals surface area contributed by atoms with E-state index in [-0.39, 0.29) is 17.8 Å². The fourth-order valence-corrected chi connectivity index (χ4v) is 2.60. The Kier molecular flexibility index (Phi) is 6.40. The summed E-state index contributed by atoms with van der Waals surface area (Å²) in [6.07, 6.45) is 6.02. The molecule has 5 heteroatoms. The molecule has 0 radical (unpaired) electrons. The average molecular weight is 283 g/mol. The van der Waals surface area contributed by atoms with Crippen molar-refractivity contribution in [2.24, 2.45) is 16.8 Å². The molecule has 1 fully saturated rings. The minimum atomic E-state index is -0.632. The number of allylic oxidation sites excluding steroid dienone is 2. The van der Waals surface area contributed by atoms with Crippen molar-refractivity contribution >= 4 is 21.1 Å². The number of aliphatic hydroxyl groups excluding tert-OH is 1. The number of carbonyl (C=O) groups excluding carboxylic acids is 1. The van der Waals surface area contributed by atoms with Crippen LogP contribution >= 0.6 is 9.47 Å². The van der Waals surface area contributed by atoms with Gasteiger partial charge in [0.1, 0.15) is 0 Å².